The molecular weight excluding hydrogens is 312 g/mol. The molecule has 1 aromatic carbocycles. The van der Waals surface area contributed by atoms with E-state index >= 15 is 0 Å². The van der Waals surface area contributed by atoms with Crippen LogP contribution in [0.25, 0.3) is 0 Å². The Bertz CT molecular complexity index is 591. The van der Waals surface area contributed by atoms with E-state index in [0.29, 0.717) is 12.1 Å². The standard InChI is InChI=1S/C20H30N4O/c25-20(24-17-8-9-18(24)15-21-12-10-17)22-11-4-14-23-13-3-6-16-5-1-2-7-19(16)23/h1-2,5,7,17-18,21H,3-4,6,8-15H2,(H,22,25)/t17-,18+/m1/s1. The molecule has 0 saturated carbocycles. The van der Waals surface area contributed by atoms with Crippen LogP contribution in [0.15, 0.2) is 24.3 Å². The van der Waals surface area contributed by atoms with E-state index in [1.807, 2.05) is 0 Å². The molecule has 3 heterocycles. The van der Waals surface area contributed by atoms with Crippen LogP contribution in [0.1, 0.15) is 37.7 Å². The van der Waals surface area contributed by atoms with E-state index in [0.717, 1.165) is 52.0 Å². The van der Waals surface area contributed by atoms with Gasteiger partial charge in [-0.3, -0.25) is 0 Å². The van der Waals surface area contributed by atoms with Gasteiger partial charge in [-0.1, -0.05) is 18.2 Å². The number of fused-ring (bicyclic) bond motifs is 3. The summed E-state index contributed by atoms with van der Waals surface area (Å²) >= 11 is 0. The Balaban J connectivity index is 1.25. The third-order valence-electron chi connectivity index (χ3n) is 5.98. The second kappa shape index (κ2) is 7.65. The molecule has 25 heavy (non-hydrogen) atoms. The number of carbonyl (C=O) groups excluding carboxylic acids is 1. The molecule has 2 bridgehead atoms. The zero-order valence-electron chi connectivity index (χ0n) is 15.0. The van der Waals surface area contributed by atoms with Crippen molar-refractivity contribution in [1.82, 2.24) is 15.5 Å². The van der Waals surface area contributed by atoms with Gasteiger partial charge in [0.05, 0.1) is 0 Å². The Kier molecular flexibility index (Phi) is 5.11. The fourth-order valence-electron chi connectivity index (χ4n) is 4.71. The molecule has 2 saturated heterocycles. The van der Waals surface area contributed by atoms with Gasteiger partial charge in [0, 0.05) is 44.0 Å². The van der Waals surface area contributed by atoms with Gasteiger partial charge in [-0.2, -0.15) is 0 Å². The highest BCUT2D eigenvalue weighted by Gasteiger charge is 2.37. The van der Waals surface area contributed by atoms with Crippen LogP contribution in [0.4, 0.5) is 10.5 Å². The maximum atomic E-state index is 12.6. The second-order valence-electron chi connectivity index (χ2n) is 7.59. The molecule has 2 N–H and O–H groups in total. The summed E-state index contributed by atoms with van der Waals surface area (Å²) < 4.78 is 0. The fourth-order valence-corrected chi connectivity index (χ4v) is 4.71. The minimum atomic E-state index is 0.148. The number of nitrogens with zero attached hydrogens (tertiary/aromatic N) is 2. The minimum absolute atomic E-state index is 0.148. The second-order valence-corrected chi connectivity index (χ2v) is 7.59. The lowest BCUT2D eigenvalue weighted by molar-refractivity contribution is 0.176. The number of aryl methyl sites for hydroxylation is 1. The predicted octanol–water partition coefficient (Wildman–Crippen LogP) is 2.37. The zero-order chi connectivity index (χ0) is 17.1. The molecule has 0 spiro atoms. The lowest BCUT2D eigenvalue weighted by atomic mass is 10.0. The maximum absolute atomic E-state index is 12.6. The lowest BCUT2D eigenvalue weighted by Gasteiger charge is -2.31. The molecule has 0 aromatic heterocycles. The van der Waals surface area contributed by atoms with Crippen molar-refractivity contribution in [3.63, 3.8) is 0 Å². The van der Waals surface area contributed by atoms with Crippen LogP contribution in [0.3, 0.4) is 0 Å². The average Bonchev–Trinajstić information content (AvgIpc) is 2.91. The first-order valence-corrected chi connectivity index (χ1v) is 9.92. The van der Waals surface area contributed by atoms with Crippen LogP contribution in [-0.2, 0) is 6.42 Å². The number of amides is 2. The van der Waals surface area contributed by atoms with Gasteiger partial charge in [-0.25, -0.2) is 4.79 Å². The SMILES string of the molecule is O=C(NCCCN1CCCc2ccccc21)N1[C@H]2CCNC[C@@H]1CC2. The molecule has 1 aromatic rings. The third-order valence-corrected chi connectivity index (χ3v) is 5.98. The predicted molar refractivity (Wildman–Crippen MR) is 101 cm³/mol. The molecule has 2 fully saturated rings. The number of hydrogen-bond donors (Lipinski definition) is 2. The number of benzene rings is 1. The van der Waals surface area contributed by atoms with E-state index in [1.165, 1.54) is 30.5 Å². The number of para-hydroxylation sites is 1. The monoisotopic (exact) mass is 342 g/mol. The van der Waals surface area contributed by atoms with Crippen LogP contribution in [-0.4, -0.2) is 55.7 Å². The smallest absolute Gasteiger partial charge is 0.317 e. The summed E-state index contributed by atoms with van der Waals surface area (Å²) in [7, 11) is 0. The van der Waals surface area contributed by atoms with Crippen molar-refractivity contribution in [2.24, 2.45) is 0 Å². The number of hydrogen-bond acceptors (Lipinski definition) is 3. The van der Waals surface area contributed by atoms with Crippen LogP contribution < -0.4 is 15.5 Å². The van der Waals surface area contributed by atoms with Gasteiger partial charge in [0.15, 0.2) is 0 Å². The molecule has 2 amide bonds. The summed E-state index contributed by atoms with van der Waals surface area (Å²) in [4.78, 5) is 17.2. The topological polar surface area (TPSA) is 47.6 Å². The van der Waals surface area contributed by atoms with E-state index in [2.05, 4.69) is 44.7 Å². The fraction of sp³-hybridized carbons (Fsp3) is 0.650. The number of urea groups is 1. The van der Waals surface area contributed by atoms with Gasteiger partial charge in [-0.05, 0) is 56.7 Å². The Morgan fingerprint density at radius 3 is 3.04 bits per heavy atom. The maximum Gasteiger partial charge on any atom is 0.317 e. The number of nitrogens with one attached hydrogen (secondary N) is 2. The number of rotatable bonds is 4. The Labute approximate surface area is 150 Å². The van der Waals surface area contributed by atoms with Gasteiger partial charge in [0.2, 0.25) is 0 Å². The molecule has 0 aliphatic carbocycles. The van der Waals surface area contributed by atoms with E-state index in [9.17, 15) is 4.79 Å². The van der Waals surface area contributed by atoms with Gasteiger partial charge < -0.3 is 20.4 Å². The first-order valence-electron chi connectivity index (χ1n) is 9.92. The van der Waals surface area contributed by atoms with Crippen molar-refractivity contribution in [2.45, 2.75) is 50.6 Å². The molecule has 4 rings (SSSR count). The quantitative estimate of drug-likeness (QED) is 0.826. The van der Waals surface area contributed by atoms with Crippen molar-refractivity contribution in [3.8, 4) is 0 Å². The molecule has 0 unspecified atom stereocenters. The molecule has 136 valence electrons. The molecule has 3 aliphatic rings. The molecule has 3 aliphatic heterocycles. The van der Waals surface area contributed by atoms with Gasteiger partial charge >= 0.3 is 6.03 Å². The Hall–Kier alpha value is -1.75. The molecule has 5 nitrogen and oxygen atoms in total. The molecule has 2 atom stereocenters. The van der Waals surface area contributed by atoms with Gasteiger partial charge in [-0.15, -0.1) is 0 Å². The number of anilines is 1. The van der Waals surface area contributed by atoms with Crippen LogP contribution >= 0.6 is 0 Å². The van der Waals surface area contributed by atoms with Crippen molar-refractivity contribution in [3.05, 3.63) is 29.8 Å². The first kappa shape index (κ1) is 16.7. The minimum Gasteiger partial charge on any atom is -0.371 e. The number of carbonyl (C=O) groups is 1. The third kappa shape index (κ3) is 3.61. The summed E-state index contributed by atoms with van der Waals surface area (Å²) in [5, 5.41) is 6.63. The summed E-state index contributed by atoms with van der Waals surface area (Å²) in [5.41, 5.74) is 2.85. The first-order chi connectivity index (χ1) is 12.3. The normalized spacial score (nSPS) is 25.4. The molecular formula is C20H30N4O. The van der Waals surface area contributed by atoms with Crippen LogP contribution in [0.2, 0.25) is 0 Å². The molecule has 5 heteroatoms. The average molecular weight is 342 g/mol. The summed E-state index contributed by atoms with van der Waals surface area (Å²) in [6, 6.07) is 9.71. The summed E-state index contributed by atoms with van der Waals surface area (Å²) in [5.74, 6) is 0. The van der Waals surface area contributed by atoms with E-state index in [-0.39, 0.29) is 6.03 Å². The van der Waals surface area contributed by atoms with Gasteiger partial charge in [0.1, 0.15) is 0 Å². The van der Waals surface area contributed by atoms with Crippen LogP contribution in [0, 0.1) is 0 Å². The van der Waals surface area contributed by atoms with Crippen molar-refractivity contribution in [2.75, 3.05) is 37.6 Å². The van der Waals surface area contributed by atoms with E-state index in [1.54, 1.807) is 0 Å². The van der Waals surface area contributed by atoms with Crippen LogP contribution in [0.5, 0.6) is 0 Å². The van der Waals surface area contributed by atoms with Crippen molar-refractivity contribution < 1.29 is 4.79 Å². The Morgan fingerprint density at radius 2 is 2.08 bits per heavy atom. The zero-order valence-corrected chi connectivity index (χ0v) is 15.0. The van der Waals surface area contributed by atoms with Crippen molar-refractivity contribution >= 4 is 11.7 Å². The molecule has 0 radical (unpaired) electrons. The highest BCUT2D eigenvalue weighted by molar-refractivity contribution is 5.75. The summed E-state index contributed by atoms with van der Waals surface area (Å²) in [6.45, 7) is 4.91. The highest BCUT2D eigenvalue weighted by Crippen LogP contribution is 2.28. The Morgan fingerprint density at radius 1 is 1.20 bits per heavy atom. The highest BCUT2D eigenvalue weighted by atomic mass is 16.2. The summed E-state index contributed by atoms with van der Waals surface area (Å²) in [6.07, 6.45) is 6.83. The van der Waals surface area contributed by atoms with Gasteiger partial charge in [0.25, 0.3) is 0 Å². The van der Waals surface area contributed by atoms with Crippen molar-refractivity contribution in [1.29, 1.82) is 0 Å². The van der Waals surface area contributed by atoms with E-state index in [4.69, 9.17) is 0 Å². The lowest BCUT2D eigenvalue weighted by Crippen LogP contribution is -2.48. The largest absolute Gasteiger partial charge is 0.371 e. The van der Waals surface area contributed by atoms with E-state index < -0.39 is 0 Å².